The molecule has 1 unspecified atom stereocenters. The van der Waals surface area contributed by atoms with Crippen molar-refractivity contribution in [3.63, 3.8) is 0 Å². The number of benzene rings is 1. The van der Waals surface area contributed by atoms with Gasteiger partial charge in [-0.2, -0.15) is 0 Å². The number of hydrogen-bond acceptors (Lipinski definition) is 4. The zero-order chi connectivity index (χ0) is 13.9. The van der Waals surface area contributed by atoms with Crippen molar-refractivity contribution in [1.29, 1.82) is 0 Å². The van der Waals surface area contributed by atoms with Gasteiger partial charge in [-0.1, -0.05) is 6.07 Å². The second-order valence-electron chi connectivity index (χ2n) is 4.11. The van der Waals surface area contributed by atoms with E-state index in [1.54, 1.807) is 6.92 Å². The maximum absolute atomic E-state index is 13.5. The number of para-hydroxylation sites is 1. The number of carbonyl (C=O) groups is 1. The number of halogens is 1. The van der Waals surface area contributed by atoms with E-state index in [4.69, 9.17) is 5.11 Å². The maximum atomic E-state index is 13.5. The van der Waals surface area contributed by atoms with Crippen molar-refractivity contribution in [3.05, 3.63) is 29.6 Å². The lowest BCUT2D eigenvalue weighted by molar-refractivity contribution is 0.0697. The van der Waals surface area contributed by atoms with Crippen LogP contribution in [0, 0.1) is 5.82 Å². The van der Waals surface area contributed by atoms with Crippen molar-refractivity contribution in [2.75, 3.05) is 17.3 Å². The van der Waals surface area contributed by atoms with E-state index in [2.05, 4.69) is 5.32 Å². The Bertz CT molecular complexity index is 556. The Hall–Kier alpha value is -1.63. The predicted octanol–water partition coefficient (Wildman–Crippen LogP) is 1.37. The lowest BCUT2D eigenvalue weighted by atomic mass is 10.1. The molecule has 0 spiro atoms. The summed E-state index contributed by atoms with van der Waals surface area (Å²) in [6.45, 7) is 1.54. The lowest BCUT2D eigenvalue weighted by Crippen LogP contribution is -2.26. The molecular formula is C11H14FNO4S. The summed E-state index contributed by atoms with van der Waals surface area (Å²) in [6, 6.07) is 3.06. The molecule has 0 aliphatic carbocycles. The van der Waals surface area contributed by atoms with Gasteiger partial charge in [-0.3, -0.25) is 0 Å². The van der Waals surface area contributed by atoms with Crippen LogP contribution >= 0.6 is 0 Å². The molecular weight excluding hydrogens is 261 g/mol. The van der Waals surface area contributed by atoms with Gasteiger partial charge in [0, 0.05) is 12.3 Å². The van der Waals surface area contributed by atoms with E-state index >= 15 is 0 Å². The van der Waals surface area contributed by atoms with Gasteiger partial charge >= 0.3 is 5.97 Å². The minimum atomic E-state index is -3.22. The van der Waals surface area contributed by atoms with Crippen LogP contribution in [0.15, 0.2) is 18.2 Å². The van der Waals surface area contributed by atoms with Crippen molar-refractivity contribution >= 4 is 21.5 Å². The van der Waals surface area contributed by atoms with Crippen LogP contribution in [-0.4, -0.2) is 37.5 Å². The Kier molecular flexibility index (Phi) is 4.28. The summed E-state index contributed by atoms with van der Waals surface area (Å²) >= 11 is 0. The van der Waals surface area contributed by atoms with Crippen molar-refractivity contribution in [2.45, 2.75) is 13.0 Å². The molecule has 0 fully saturated rings. The average molecular weight is 275 g/mol. The molecule has 0 saturated carbocycles. The minimum Gasteiger partial charge on any atom is -0.478 e. The number of anilines is 1. The first-order chi connectivity index (χ1) is 8.20. The highest BCUT2D eigenvalue weighted by atomic mass is 32.2. The smallest absolute Gasteiger partial charge is 0.337 e. The highest BCUT2D eigenvalue weighted by molar-refractivity contribution is 7.90. The summed E-state index contributed by atoms with van der Waals surface area (Å²) in [4.78, 5) is 10.9. The molecule has 1 aromatic carbocycles. The van der Waals surface area contributed by atoms with E-state index in [9.17, 15) is 17.6 Å². The Morgan fingerprint density at radius 2 is 2.11 bits per heavy atom. The first-order valence-corrected chi connectivity index (χ1v) is 7.23. The summed E-state index contributed by atoms with van der Waals surface area (Å²) in [5, 5.41) is 11.5. The molecule has 100 valence electrons. The number of rotatable bonds is 5. The molecule has 0 aromatic heterocycles. The predicted molar refractivity (Wildman–Crippen MR) is 66.2 cm³/mol. The lowest BCUT2D eigenvalue weighted by Gasteiger charge is -2.16. The number of sulfone groups is 1. The maximum Gasteiger partial charge on any atom is 0.337 e. The Labute approximate surface area is 105 Å². The van der Waals surface area contributed by atoms with E-state index in [1.165, 1.54) is 12.1 Å². The molecule has 0 heterocycles. The SMILES string of the molecule is CC(CS(C)(=O)=O)Nc1c(F)cccc1C(=O)O. The summed E-state index contributed by atoms with van der Waals surface area (Å²) < 4.78 is 35.7. The molecule has 18 heavy (non-hydrogen) atoms. The molecule has 0 aliphatic heterocycles. The van der Waals surface area contributed by atoms with E-state index in [-0.39, 0.29) is 17.0 Å². The van der Waals surface area contributed by atoms with Gasteiger partial charge in [0.15, 0.2) is 0 Å². The van der Waals surface area contributed by atoms with E-state index in [1.807, 2.05) is 0 Å². The van der Waals surface area contributed by atoms with Crippen LogP contribution in [0.4, 0.5) is 10.1 Å². The van der Waals surface area contributed by atoms with Crippen molar-refractivity contribution < 1.29 is 22.7 Å². The zero-order valence-electron chi connectivity index (χ0n) is 9.97. The molecule has 1 rings (SSSR count). The number of hydrogen-bond donors (Lipinski definition) is 2. The average Bonchev–Trinajstić information content (AvgIpc) is 2.17. The van der Waals surface area contributed by atoms with Gasteiger partial charge in [0.05, 0.1) is 17.0 Å². The topological polar surface area (TPSA) is 83.5 Å². The summed E-state index contributed by atoms with van der Waals surface area (Å²) in [5.41, 5.74) is -0.420. The molecule has 0 aliphatic rings. The van der Waals surface area contributed by atoms with Crippen molar-refractivity contribution in [1.82, 2.24) is 0 Å². The fourth-order valence-electron chi connectivity index (χ4n) is 1.59. The molecule has 0 saturated heterocycles. The largest absolute Gasteiger partial charge is 0.478 e. The first kappa shape index (κ1) is 14.4. The Balaban J connectivity index is 3.00. The molecule has 1 aromatic rings. The molecule has 2 N–H and O–H groups in total. The molecule has 0 radical (unpaired) electrons. The van der Waals surface area contributed by atoms with Crippen LogP contribution in [0.25, 0.3) is 0 Å². The Morgan fingerprint density at radius 3 is 2.61 bits per heavy atom. The minimum absolute atomic E-state index is 0.193. The van der Waals surface area contributed by atoms with Gasteiger partial charge < -0.3 is 10.4 Å². The highest BCUT2D eigenvalue weighted by Gasteiger charge is 2.17. The molecule has 1 atom stereocenters. The van der Waals surface area contributed by atoms with E-state index in [0.717, 1.165) is 12.3 Å². The molecule has 0 bridgehead atoms. The van der Waals surface area contributed by atoms with Gasteiger partial charge in [-0.25, -0.2) is 17.6 Å². The zero-order valence-corrected chi connectivity index (χ0v) is 10.8. The van der Waals surface area contributed by atoms with Crippen LogP contribution in [0.3, 0.4) is 0 Å². The van der Waals surface area contributed by atoms with Crippen LogP contribution < -0.4 is 5.32 Å². The third-order valence-corrected chi connectivity index (χ3v) is 3.29. The third-order valence-electron chi connectivity index (χ3n) is 2.19. The fourth-order valence-corrected chi connectivity index (χ4v) is 2.58. The van der Waals surface area contributed by atoms with E-state index in [0.29, 0.717) is 0 Å². The van der Waals surface area contributed by atoms with Crippen LogP contribution in [-0.2, 0) is 9.84 Å². The normalized spacial score (nSPS) is 13.1. The van der Waals surface area contributed by atoms with Crippen LogP contribution in [0.2, 0.25) is 0 Å². The second kappa shape index (κ2) is 5.34. The van der Waals surface area contributed by atoms with Crippen LogP contribution in [0.1, 0.15) is 17.3 Å². The number of carboxylic acids is 1. The number of nitrogens with one attached hydrogen (secondary N) is 1. The first-order valence-electron chi connectivity index (χ1n) is 5.17. The standard InChI is InChI=1S/C11H14FNO4S/c1-7(6-18(2,16)17)13-10-8(11(14)15)4-3-5-9(10)12/h3-5,7,13H,6H2,1-2H3,(H,14,15). The summed E-state index contributed by atoms with van der Waals surface area (Å²) in [6.07, 6.45) is 1.06. The van der Waals surface area contributed by atoms with Crippen molar-refractivity contribution in [2.24, 2.45) is 0 Å². The fraction of sp³-hybridized carbons (Fsp3) is 0.364. The number of carboxylic acid groups (broad SMARTS) is 1. The van der Waals surface area contributed by atoms with Crippen LogP contribution in [0.5, 0.6) is 0 Å². The van der Waals surface area contributed by atoms with Gasteiger partial charge in [0.2, 0.25) is 0 Å². The number of aromatic carboxylic acids is 1. The quantitative estimate of drug-likeness (QED) is 0.848. The summed E-state index contributed by atoms with van der Waals surface area (Å²) in [7, 11) is -3.22. The van der Waals surface area contributed by atoms with Gasteiger partial charge in [0.1, 0.15) is 15.7 Å². The third kappa shape index (κ3) is 3.99. The highest BCUT2D eigenvalue weighted by Crippen LogP contribution is 2.21. The van der Waals surface area contributed by atoms with Gasteiger partial charge in [-0.15, -0.1) is 0 Å². The van der Waals surface area contributed by atoms with Crippen molar-refractivity contribution in [3.8, 4) is 0 Å². The molecule has 0 amide bonds. The van der Waals surface area contributed by atoms with Gasteiger partial charge in [0.25, 0.3) is 0 Å². The monoisotopic (exact) mass is 275 g/mol. The van der Waals surface area contributed by atoms with Gasteiger partial charge in [-0.05, 0) is 19.1 Å². The summed E-state index contributed by atoms with van der Waals surface area (Å²) in [5.74, 6) is -2.21. The molecule has 5 nitrogen and oxygen atoms in total. The molecule has 7 heteroatoms. The Morgan fingerprint density at radius 1 is 1.50 bits per heavy atom. The second-order valence-corrected chi connectivity index (χ2v) is 6.29. The van der Waals surface area contributed by atoms with E-state index < -0.39 is 27.7 Å².